The second-order valence-corrected chi connectivity index (χ2v) is 11.4. The van der Waals surface area contributed by atoms with E-state index in [2.05, 4.69) is 0 Å². The Morgan fingerprint density at radius 3 is 1.19 bits per heavy atom. The van der Waals surface area contributed by atoms with Gasteiger partial charge in [0.05, 0.1) is 38.4 Å². The minimum absolute atomic E-state index is 0.299. The number of para-hydroxylation sites is 4. The van der Waals surface area contributed by atoms with Crippen molar-refractivity contribution in [3.05, 3.63) is 181 Å². The summed E-state index contributed by atoms with van der Waals surface area (Å²) in [6.07, 6.45) is 0. The molecule has 2 aromatic heterocycles. The number of rotatable bonds is 4. The zero-order valence-electron chi connectivity index (χ0n) is 54.0. The van der Waals surface area contributed by atoms with Crippen molar-refractivity contribution in [2.24, 2.45) is 0 Å². The molecule has 0 aliphatic carbocycles. The van der Waals surface area contributed by atoms with Crippen LogP contribution in [0.1, 0.15) is 38.4 Å². The molecule has 0 amide bonds. The van der Waals surface area contributed by atoms with E-state index in [1.807, 2.05) is 0 Å². The number of furan rings is 2. The van der Waals surface area contributed by atoms with Gasteiger partial charge in [0.1, 0.15) is 22.3 Å². The van der Waals surface area contributed by atoms with E-state index in [0.717, 1.165) is 12.1 Å². The third-order valence-corrected chi connectivity index (χ3v) is 8.66. The second kappa shape index (κ2) is 11.3. The first kappa shape index (κ1) is 12.7. The minimum atomic E-state index is -1.05. The number of hydrogen-bond donors (Lipinski definition) is 0. The lowest BCUT2D eigenvalue weighted by atomic mass is 9.85. The lowest BCUT2D eigenvalue weighted by Crippen LogP contribution is -1.91. The van der Waals surface area contributed by atoms with Crippen LogP contribution in [0.3, 0.4) is 0 Å². The SMILES string of the molecule is [2H]c1c(-c2c([2H])c([2H])c([2H])c3c2oc2c([2H])c([2H])c([2H])c([2H])c23)ccc(-c2c3c([2H])c([2H])c([2H])c([2H])c3c(-c3c([2H])c([2H])c(-c4c([2H])c([2H])c([2H])c5c4oc4c([2H])c([2H])c([2H])c([2H])c45)c([2H])c3[2H])c3c([2H])c([2H])c([2H])c([2H])c23)c1[2H]. The van der Waals surface area contributed by atoms with Crippen molar-refractivity contribution in [3.63, 3.8) is 0 Å². The molecule has 0 aliphatic rings. The quantitative estimate of drug-likeness (QED) is 0.172. The van der Waals surface area contributed by atoms with Crippen molar-refractivity contribution in [3.8, 4) is 44.5 Å². The van der Waals surface area contributed by atoms with Crippen LogP contribution < -0.4 is 0 Å². The molecule has 0 aliphatic heterocycles. The van der Waals surface area contributed by atoms with Crippen LogP contribution in [0.4, 0.5) is 0 Å². The summed E-state index contributed by atoms with van der Waals surface area (Å²) < 4.78 is 263. The van der Waals surface area contributed by atoms with Gasteiger partial charge in [0.2, 0.25) is 0 Å². The zero-order valence-corrected chi connectivity index (χ0v) is 26.0. The summed E-state index contributed by atoms with van der Waals surface area (Å²) >= 11 is 0. The van der Waals surface area contributed by atoms with Crippen molar-refractivity contribution >= 4 is 65.4 Å². The smallest absolute Gasteiger partial charge is 0.143 e. The van der Waals surface area contributed by atoms with Crippen LogP contribution in [0, 0.1) is 0 Å². The molecule has 0 saturated carbocycles. The Kier molecular flexibility index (Phi) is 2.76. The molecule has 242 valence electrons. The Balaban J connectivity index is 1.27. The molecular formula is C50H30O2. The number of benzene rings is 9. The monoisotopic (exact) mass is 690 g/mol. The molecule has 2 heteroatoms. The largest absolute Gasteiger partial charge is 0.455 e. The van der Waals surface area contributed by atoms with Crippen molar-refractivity contribution < 1.29 is 47.2 Å². The van der Waals surface area contributed by atoms with Crippen molar-refractivity contribution in [1.82, 2.24) is 0 Å². The summed E-state index contributed by atoms with van der Waals surface area (Å²) in [4.78, 5) is 0. The van der Waals surface area contributed by atoms with Crippen LogP contribution in [-0.2, 0) is 0 Å². The Hall–Kier alpha value is -6.90. The normalized spacial score (nSPS) is 19.4. The van der Waals surface area contributed by atoms with Gasteiger partial charge in [-0.25, -0.2) is 0 Å². The first-order valence-corrected chi connectivity index (χ1v) is 15.5. The molecule has 52 heavy (non-hydrogen) atoms. The minimum Gasteiger partial charge on any atom is -0.455 e. The standard InChI is InChI=1S/C50H30O2/c1-2-14-40-39(13-1)47(33-27-23-31(24-28-33)35-17-9-19-43-37-11-5-7-21-45(37)51-49(35)43)41-15-3-4-16-42(41)48(40)34-29-25-32(26-30-34)36-18-10-20-44-38-12-6-8-22-46(38)52-50(36)44/h1-30H/i1D,2D,3D,4D,5D,6D,7D,8D,9D,10D,11D,12D,13D,14D,15D,16D,17D,18D,19D,20D,21D,22D,23D,24D,25D,27D,28D,29D. The van der Waals surface area contributed by atoms with Crippen LogP contribution >= 0.6 is 0 Å². The summed E-state index contributed by atoms with van der Waals surface area (Å²) in [5.74, 6) is 0. The number of hydrogen-bond acceptors (Lipinski definition) is 2. The van der Waals surface area contributed by atoms with Crippen molar-refractivity contribution in [2.75, 3.05) is 0 Å². The van der Waals surface area contributed by atoms with Gasteiger partial charge in [-0.1, -0.05) is 169 Å². The predicted molar refractivity (Wildman–Crippen MR) is 218 cm³/mol. The van der Waals surface area contributed by atoms with E-state index < -0.39 is 257 Å². The molecule has 11 aromatic rings. The molecule has 0 fully saturated rings. The maximum absolute atomic E-state index is 9.62. The van der Waals surface area contributed by atoms with Gasteiger partial charge in [0.25, 0.3) is 0 Å². The Morgan fingerprint density at radius 1 is 0.288 bits per heavy atom. The maximum atomic E-state index is 9.62. The van der Waals surface area contributed by atoms with E-state index in [1.165, 1.54) is 0 Å². The Morgan fingerprint density at radius 2 is 0.654 bits per heavy atom. The van der Waals surface area contributed by atoms with Crippen LogP contribution in [0.2, 0.25) is 0 Å². The number of fused-ring (bicyclic) bond motifs is 8. The first-order chi connectivity index (χ1) is 37.4. The molecule has 11 rings (SSSR count). The van der Waals surface area contributed by atoms with Crippen molar-refractivity contribution in [2.45, 2.75) is 0 Å². The van der Waals surface area contributed by atoms with Gasteiger partial charge in [0, 0.05) is 32.7 Å². The molecule has 2 nitrogen and oxygen atoms in total. The van der Waals surface area contributed by atoms with E-state index in [9.17, 15) is 13.7 Å². The van der Waals surface area contributed by atoms with E-state index in [1.54, 1.807) is 0 Å². The molecule has 0 spiro atoms. The fraction of sp³-hybridized carbons (Fsp3) is 0. The van der Waals surface area contributed by atoms with Crippen molar-refractivity contribution in [1.29, 1.82) is 0 Å². The molecule has 0 bridgehead atoms. The molecule has 0 unspecified atom stereocenters. The zero-order chi connectivity index (χ0) is 58.5. The third-order valence-electron chi connectivity index (χ3n) is 8.66. The highest BCUT2D eigenvalue weighted by atomic mass is 16.3. The summed E-state index contributed by atoms with van der Waals surface area (Å²) in [6, 6.07) is -21.2. The molecule has 9 aromatic carbocycles. The van der Waals surface area contributed by atoms with Gasteiger partial charge in [-0.2, -0.15) is 0 Å². The topological polar surface area (TPSA) is 26.3 Å². The van der Waals surface area contributed by atoms with Gasteiger partial charge >= 0.3 is 0 Å². The van der Waals surface area contributed by atoms with E-state index in [-0.39, 0.29) is 21.7 Å². The molecule has 2 heterocycles. The molecule has 0 atom stereocenters. The summed E-state index contributed by atoms with van der Waals surface area (Å²) in [5, 5.41) is -3.95. The Bertz CT molecular complexity index is 4700. The highest BCUT2D eigenvalue weighted by Gasteiger charge is 2.18. The van der Waals surface area contributed by atoms with E-state index in [0.29, 0.717) is 0 Å². The second-order valence-electron chi connectivity index (χ2n) is 11.4. The van der Waals surface area contributed by atoms with Crippen LogP contribution in [0.5, 0.6) is 0 Å². The summed E-state index contributed by atoms with van der Waals surface area (Å²) in [7, 11) is 0. The highest BCUT2D eigenvalue weighted by molar-refractivity contribution is 6.21. The van der Waals surface area contributed by atoms with Gasteiger partial charge < -0.3 is 8.83 Å². The van der Waals surface area contributed by atoms with E-state index >= 15 is 0 Å². The summed E-state index contributed by atoms with van der Waals surface area (Å²) in [6.45, 7) is 0. The maximum Gasteiger partial charge on any atom is 0.143 e. The fourth-order valence-electron chi connectivity index (χ4n) is 6.41. The average Bonchev–Trinajstić information content (AvgIpc) is 4.03. The van der Waals surface area contributed by atoms with Crippen LogP contribution in [0.15, 0.2) is 190 Å². The molecule has 0 saturated heterocycles. The average molecular weight is 691 g/mol. The lowest BCUT2D eigenvalue weighted by Gasteiger charge is -2.18. The Labute approximate surface area is 339 Å². The van der Waals surface area contributed by atoms with Gasteiger partial charge in [0.15, 0.2) is 0 Å². The molecule has 0 radical (unpaired) electrons. The fourth-order valence-corrected chi connectivity index (χ4v) is 6.41. The van der Waals surface area contributed by atoms with Crippen LogP contribution in [0.25, 0.3) is 110 Å². The molecular weight excluding hydrogens is 633 g/mol. The van der Waals surface area contributed by atoms with Gasteiger partial charge in [-0.05, 0) is 67.0 Å². The van der Waals surface area contributed by atoms with Crippen LogP contribution in [-0.4, -0.2) is 0 Å². The highest BCUT2D eigenvalue weighted by Crippen LogP contribution is 2.45. The van der Waals surface area contributed by atoms with Gasteiger partial charge in [-0.15, -0.1) is 0 Å². The third kappa shape index (κ3) is 4.31. The van der Waals surface area contributed by atoms with Gasteiger partial charge in [-0.3, -0.25) is 0 Å². The predicted octanol–water partition coefficient (Wildman–Crippen LogP) is 14.5. The van der Waals surface area contributed by atoms with E-state index in [4.69, 9.17) is 33.5 Å². The summed E-state index contributed by atoms with van der Waals surface area (Å²) in [5.41, 5.74) is -6.58. The first-order valence-electron chi connectivity index (χ1n) is 29.5. The molecule has 0 N–H and O–H groups in total. The lowest BCUT2D eigenvalue weighted by molar-refractivity contribution is 0.669.